The van der Waals surface area contributed by atoms with Crippen molar-refractivity contribution in [3.05, 3.63) is 35.9 Å². The fourth-order valence-electron chi connectivity index (χ4n) is 3.39. The molecule has 110 valence electrons. The van der Waals surface area contributed by atoms with Gasteiger partial charge in [0.05, 0.1) is 6.10 Å². The van der Waals surface area contributed by atoms with Crippen molar-refractivity contribution in [3.8, 4) is 0 Å². The Kier molecular flexibility index (Phi) is 4.71. The lowest BCUT2D eigenvalue weighted by molar-refractivity contribution is 0.0410. The molecular formula is C17H26N2O. The molecule has 0 aromatic heterocycles. The third kappa shape index (κ3) is 3.60. The van der Waals surface area contributed by atoms with Crippen LogP contribution in [0.5, 0.6) is 0 Å². The summed E-state index contributed by atoms with van der Waals surface area (Å²) in [6.45, 7) is 6.56. The van der Waals surface area contributed by atoms with Gasteiger partial charge in [0.25, 0.3) is 0 Å². The van der Waals surface area contributed by atoms with Crippen LogP contribution >= 0.6 is 0 Å². The topological polar surface area (TPSA) is 24.5 Å². The molecular weight excluding hydrogens is 248 g/mol. The van der Waals surface area contributed by atoms with Crippen molar-refractivity contribution in [2.45, 2.75) is 44.4 Å². The maximum Gasteiger partial charge on any atom is 0.0702 e. The molecule has 3 unspecified atom stereocenters. The van der Waals surface area contributed by atoms with E-state index in [1.165, 1.54) is 18.4 Å². The average molecular weight is 274 g/mol. The van der Waals surface area contributed by atoms with E-state index in [0.29, 0.717) is 18.2 Å². The van der Waals surface area contributed by atoms with Crippen LogP contribution in [0.1, 0.15) is 25.3 Å². The summed E-state index contributed by atoms with van der Waals surface area (Å²) in [6.07, 6.45) is 4.05. The highest BCUT2D eigenvalue weighted by atomic mass is 16.5. The molecule has 0 spiro atoms. The summed E-state index contributed by atoms with van der Waals surface area (Å²) < 4.78 is 5.83. The molecule has 0 saturated carbocycles. The summed E-state index contributed by atoms with van der Waals surface area (Å²) >= 11 is 0. The van der Waals surface area contributed by atoms with Crippen LogP contribution in [0.4, 0.5) is 0 Å². The van der Waals surface area contributed by atoms with Gasteiger partial charge in [-0.25, -0.2) is 0 Å². The number of benzene rings is 1. The van der Waals surface area contributed by atoms with Crippen molar-refractivity contribution in [2.24, 2.45) is 0 Å². The monoisotopic (exact) mass is 274 g/mol. The summed E-state index contributed by atoms with van der Waals surface area (Å²) in [7, 11) is 0. The Labute approximate surface area is 122 Å². The number of rotatable bonds is 4. The van der Waals surface area contributed by atoms with Crippen molar-refractivity contribution in [1.29, 1.82) is 0 Å². The van der Waals surface area contributed by atoms with Gasteiger partial charge in [0, 0.05) is 38.3 Å². The first-order chi connectivity index (χ1) is 9.81. The molecule has 0 bridgehead atoms. The summed E-state index contributed by atoms with van der Waals surface area (Å²) in [5.41, 5.74) is 1.44. The van der Waals surface area contributed by atoms with Gasteiger partial charge in [-0.2, -0.15) is 0 Å². The second-order valence-corrected chi connectivity index (χ2v) is 6.24. The van der Waals surface area contributed by atoms with E-state index in [1.54, 1.807) is 0 Å². The van der Waals surface area contributed by atoms with E-state index in [4.69, 9.17) is 4.74 Å². The van der Waals surface area contributed by atoms with Crippen LogP contribution in [-0.2, 0) is 11.2 Å². The van der Waals surface area contributed by atoms with Crippen LogP contribution in [0.2, 0.25) is 0 Å². The lowest BCUT2D eigenvalue weighted by Gasteiger charge is -2.40. The maximum atomic E-state index is 5.83. The highest BCUT2D eigenvalue weighted by Crippen LogP contribution is 2.18. The van der Waals surface area contributed by atoms with E-state index in [2.05, 4.69) is 47.5 Å². The van der Waals surface area contributed by atoms with Gasteiger partial charge in [-0.3, -0.25) is 4.90 Å². The van der Waals surface area contributed by atoms with Crippen molar-refractivity contribution < 1.29 is 4.74 Å². The Morgan fingerprint density at radius 3 is 2.90 bits per heavy atom. The van der Waals surface area contributed by atoms with E-state index >= 15 is 0 Å². The van der Waals surface area contributed by atoms with Gasteiger partial charge in [-0.05, 0) is 31.7 Å². The quantitative estimate of drug-likeness (QED) is 0.909. The highest BCUT2D eigenvalue weighted by molar-refractivity contribution is 5.16. The number of hydrogen-bond donors (Lipinski definition) is 1. The zero-order chi connectivity index (χ0) is 13.8. The van der Waals surface area contributed by atoms with Crippen LogP contribution in [-0.4, -0.2) is 49.3 Å². The van der Waals surface area contributed by atoms with Gasteiger partial charge in [-0.1, -0.05) is 30.3 Å². The van der Waals surface area contributed by atoms with Crippen LogP contribution in [0.25, 0.3) is 0 Å². The second-order valence-electron chi connectivity index (χ2n) is 6.24. The van der Waals surface area contributed by atoms with Gasteiger partial charge >= 0.3 is 0 Å². The van der Waals surface area contributed by atoms with Crippen molar-refractivity contribution in [2.75, 3.05) is 26.2 Å². The molecule has 1 N–H and O–H groups in total. The molecule has 1 aromatic rings. The van der Waals surface area contributed by atoms with E-state index < -0.39 is 0 Å². The summed E-state index contributed by atoms with van der Waals surface area (Å²) in [6, 6.07) is 12.0. The molecule has 20 heavy (non-hydrogen) atoms. The smallest absolute Gasteiger partial charge is 0.0702 e. The molecule has 3 atom stereocenters. The first kappa shape index (κ1) is 14.1. The Balaban J connectivity index is 1.63. The number of nitrogens with zero attached hydrogens (tertiary/aromatic N) is 1. The summed E-state index contributed by atoms with van der Waals surface area (Å²) in [4.78, 5) is 2.64. The predicted molar refractivity (Wildman–Crippen MR) is 81.9 cm³/mol. The van der Waals surface area contributed by atoms with E-state index in [0.717, 1.165) is 32.7 Å². The SMILES string of the molecule is CC1CN(CC2CCCO2)C(Cc2ccccc2)CN1. The fraction of sp³-hybridized carbons (Fsp3) is 0.647. The maximum absolute atomic E-state index is 5.83. The van der Waals surface area contributed by atoms with Crippen molar-refractivity contribution >= 4 is 0 Å². The Bertz CT molecular complexity index is 403. The number of nitrogens with one attached hydrogen (secondary N) is 1. The molecule has 0 aliphatic carbocycles. The molecule has 0 radical (unpaired) electrons. The fourth-order valence-corrected chi connectivity index (χ4v) is 3.39. The molecule has 1 aromatic carbocycles. The summed E-state index contributed by atoms with van der Waals surface area (Å²) in [5, 5.41) is 3.62. The van der Waals surface area contributed by atoms with E-state index in [-0.39, 0.29) is 0 Å². The van der Waals surface area contributed by atoms with Crippen LogP contribution in [0.15, 0.2) is 30.3 Å². The average Bonchev–Trinajstić information content (AvgIpc) is 2.96. The minimum absolute atomic E-state index is 0.457. The van der Waals surface area contributed by atoms with Crippen molar-refractivity contribution in [1.82, 2.24) is 10.2 Å². The van der Waals surface area contributed by atoms with Crippen LogP contribution in [0, 0.1) is 0 Å². The zero-order valence-corrected chi connectivity index (χ0v) is 12.4. The molecule has 3 nitrogen and oxygen atoms in total. The first-order valence-corrected chi connectivity index (χ1v) is 7.94. The normalized spacial score (nSPS) is 31.6. The second kappa shape index (κ2) is 6.70. The minimum atomic E-state index is 0.457. The minimum Gasteiger partial charge on any atom is -0.377 e. The third-order valence-electron chi connectivity index (χ3n) is 4.50. The molecule has 2 aliphatic heterocycles. The Morgan fingerprint density at radius 1 is 1.30 bits per heavy atom. The lowest BCUT2D eigenvalue weighted by atomic mass is 10.0. The van der Waals surface area contributed by atoms with Gasteiger partial charge in [0.15, 0.2) is 0 Å². The third-order valence-corrected chi connectivity index (χ3v) is 4.50. The predicted octanol–water partition coefficient (Wildman–Crippen LogP) is 2.07. The molecule has 2 saturated heterocycles. The number of hydrogen-bond acceptors (Lipinski definition) is 3. The van der Waals surface area contributed by atoms with Gasteiger partial charge < -0.3 is 10.1 Å². The number of ether oxygens (including phenoxy) is 1. The zero-order valence-electron chi connectivity index (χ0n) is 12.4. The van der Waals surface area contributed by atoms with Crippen LogP contribution in [0.3, 0.4) is 0 Å². The van der Waals surface area contributed by atoms with Gasteiger partial charge in [-0.15, -0.1) is 0 Å². The van der Waals surface area contributed by atoms with E-state index in [1.807, 2.05) is 0 Å². The molecule has 2 heterocycles. The highest BCUT2D eigenvalue weighted by Gasteiger charge is 2.29. The first-order valence-electron chi connectivity index (χ1n) is 7.94. The molecule has 3 heteroatoms. The van der Waals surface area contributed by atoms with Gasteiger partial charge in [0.1, 0.15) is 0 Å². The van der Waals surface area contributed by atoms with Crippen molar-refractivity contribution in [3.63, 3.8) is 0 Å². The molecule has 2 aliphatic rings. The molecule has 2 fully saturated rings. The Hall–Kier alpha value is -0.900. The van der Waals surface area contributed by atoms with E-state index in [9.17, 15) is 0 Å². The standard InChI is InChI=1S/C17H26N2O/c1-14-12-19(13-17-8-5-9-20-17)16(11-18-14)10-15-6-3-2-4-7-15/h2-4,6-7,14,16-18H,5,8-13H2,1H3. The molecule has 3 rings (SSSR count). The molecule has 0 amide bonds. The van der Waals surface area contributed by atoms with Gasteiger partial charge in [0.2, 0.25) is 0 Å². The van der Waals surface area contributed by atoms with Crippen LogP contribution < -0.4 is 5.32 Å². The number of piperazine rings is 1. The summed E-state index contributed by atoms with van der Waals surface area (Å²) in [5.74, 6) is 0. The largest absolute Gasteiger partial charge is 0.377 e. The lowest BCUT2D eigenvalue weighted by Crippen LogP contribution is -2.57. The Morgan fingerprint density at radius 2 is 2.15 bits per heavy atom.